The molecule has 1 fully saturated rings. The zero-order chi connectivity index (χ0) is 20.8. The second-order valence-corrected chi connectivity index (χ2v) is 6.70. The number of benzene rings is 2. The molecule has 0 atom stereocenters. The fraction of sp³-hybridized carbons (Fsp3) is 0.273. The fourth-order valence-electron chi connectivity index (χ4n) is 3.41. The number of nitrogens with one attached hydrogen (secondary N) is 1. The predicted octanol–water partition coefficient (Wildman–Crippen LogP) is 3.05. The van der Waals surface area contributed by atoms with Crippen molar-refractivity contribution in [3.8, 4) is 11.5 Å². The molecular formula is C22H25N3O4. The van der Waals surface area contributed by atoms with Crippen LogP contribution in [0.5, 0.6) is 11.5 Å². The van der Waals surface area contributed by atoms with Crippen molar-refractivity contribution in [2.75, 3.05) is 37.5 Å². The molecule has 7 nitrogen and oxygen atoms in total. The highest BCUT2D eigenvalue weighted by Crippen LogP contribution is 2.32. The Balaban J connectivity index is 1.84. The van der Waals surface area contributed by atoms with Crippen molar-refractivity contribution in [3.63, 3.8) is 0 Å². The fourth-order valence-corrected chi connectivity index (χ4v) is 3.41. The summed E-state index contributed by atoms with van der Waals surface area (Å²) in [4.78, 5) is 26.3. The minimum Gasteiger partial charge on any atom is -0.493 e. The molecule has 3 rings (SSSR count). The van der Waals surface area contributed by atoms with Gasteiger partial charge in [-0.2, -0.15) is 0 Å². The van der Waals surface area contributed by atoms with E-state index in [-0.39, 0.29) is 5.91 Å². The van der Waals surface area contributed by atoms with Crippen LogP contribution in [0.2, 0.25) is 0 Å². The Morgan fingerprint density at radius 3 is 2.52 bits per heavy atom. The van der Waals surface area contributed by atoms with Gasteiger partial charge in [-0.3, -0.25) is 9.59 Å². The van der Waals surface area contributed by atoms with Gasteiger partial charge in [-0.25, -0.2) is 0 Å². The van der Waals surface area contributed by atoms with Crippen molar-refractivity contribution in [2.24, 2.45) is 5.73 Å². The van der Waals surface area contributed by atoms with Crippen LogP contribution < -0.4 is 25.4 Å². The Labute approximate surface area is 170 Å². The molecule has 7 heteroatoms. The van der Waals surface area contributed by atoms with Crippen LogP contribution in [0.15, 0.2) is 42.5 Å². The summed E-state index contributed by atoms with van der Waals surface area (Å²) >= 11 is 0. The van der Waals surface area contributed by atoms with Crippen LogP contribution in [0.4, 0.5) is 11.4 Å². The van der Waals surface area contributed by atoms with Crippen LogP contribution in [0.1, 0.15) is 28.8 Å². The Kier molecular flexibility index (Phi) is 6.39. The standard InChI is InChI=1S/C22H25N3O4/c1-28-19-7-5-6-15(21(19)29-2)9-11-20(26)24-17-14-16(22(23)27)8-10-18(17)25-12-3-4-13-25/h5-11,14H,3-4,12-13H2,1-2H3,(H2,23,27)(H,24,26)/b11-9+. The molecule has 1 saturated heterocycles. The highest BCUT2D eigenvalue weighted by Gasteiger charge is 2.18. The summed E-state index contributed by atoms with van der Waals surface area (Å²) in [5.74, 6) is 0.273. The van der Waals surface area contributed by atoms with Gasteiger partial charge in [0.15, 0.2) is 11.5 Å². The minimum absolute atomic E-state index is 0.322. The molecule has 152 valence electrons. The molecule has 0 spiro atoms. The Morgan fingerprint density at radius 1 is 1.10 bits per heavy atom. The molecule has 0 aliphatic carbocycles. The van der Waals surface area contributed by atoms with Gasteiger partial charge in [0, 0.05) is 30.3 Å². The molecule has 0 bridgehead atoms. The maximum absolute atomic E-state index is 12.6. The molecule has 0 aromatic heterocycles. The summed E-state index contributed by atoms with van der Waals surface area (Å²) in [5.41, 5.74) is 7.92. The first-order valence-electron chi connectivity index (χ1n) is 9.42. The van der Waals surface area contributed by atoms with Gasteiger partial charge in [0.05, 0.1) is 25.6 Å². The number of rotatable bonds is 7. The number of nitrogens with zero attached hydrogens (tertiary/aromatic N) is 1. The van der Waals surface area contributed by atoms with Gasteiger partial charge >= 0.3 is 0 Å². The van der Waals surface area contributed by atoms with Crippen molar-refractivity contribution in [2.45, 2.75) is 12.8 Å². The first kappa shape index (κ1) is 20.3. The summed E-state index contributed by atoms with van der Waals surface area (Å²) in [6, 6.07) is 10.6. The van der Waals surface area contributed by atoms with Crippen LogP contribution in [-0.2, 0) is 4.79 Å². The van der Waals surface area contributed by atoms with Crippen molar-refractivity contribution < 1.29 is 19.1 Å². The first-order chi connectivity index (χ1) is 14.0. The van der Waals surface area contributed by atoms with E-state index in [0.717, 1.165) is 31.6 Å². The van der Waals surface area contributed by atoms with E-state index in [0.29, 0.717) is 28.3 Å². The topological polar surface area (TPSA) is 93.9 Å². The second kappa shape index (κ2) is 9.14. The Bertz CT molecular complexity index is 934. The lowest BCUT2D eigenvalue weighted by Crippen LogP contribution is -2.21. The lowest BCUT2D eigenvalue weighted by atomic mass is 10.1. The molecule has 2 aromatic rings. The van der Waals surface area contributed by atoms with E-state index < -0.39 is 5.91 Å². The van der Waals surface area contributed by atoms with Gasteiger partial charge in [-0.15, -0.1) is 0 Å². The van der Waals surface area contributed by atoms with Crippen LogP contribution >= 0.6 is 0 Å². The number of ether oxygens (including phenoxy) is 2. The maximum Gasteiger partial charge on any atom is 0.248 e. The molecule has 2 amide bonds. The Hall–Kier alpha value is -3.48. The number of nitrogens with two attached hydrogens (primary N) is 1. The van der Waals surface area contributed by atoms with Gasteiger partial charge in [-0.05, 0) is 43.2 Å². The highest BCUT2D eigenvalue weighted by molar-refractivity contribution is 6.05. The average Bonchev–Trinajstić information content (AvgIpc) is 3.26. The monoisotopic (exact) mass is 395 g/mol. The third-order valence-corrected chi connectivity index (χ3v) is 4.83. The number of carbonyl (C=O) groups is 2. The van der Waals surface area contributed by atoms with E-state index >= 15 is 0 Å². The van der Waals surface area contributed by atoms with Crippen molar-refractivity contribution in [1.82, 2.24) is 0 Å². The number of methoxy groups -OCH3 is 2. The molecule has 0 unspecified atom stereocenters. The largest absolute Gasteiger partial charge is 0.493 e. The van der Waals surface area contributed by atoms with Crippen molar-refractivity contribution in [3.05, 3.63) is 53.6 Å². The van der Waals surface area contributed by atoms with Crippen molar-refractivity contribution in [1.29, 1.82) is 0 Å². The van der Waals surface area contributed by atoms with E-state index in [1.807, 2.05) is 18.2 Å². The molecule has 1 heterocycles. The van der Waals surface area contributed by atoms with E-state index in [2.05, 4.69) is 10.2 Å². The number of hydrogen-bond donors (Lipinski definition) is 2. The quantitative estimate of drug-likeness (QED) is 0.703. The van der Waals surface area contributed by atoms with Crippen molar-refractivity contribution >= 4 is 29.3 Å². The number of anilines is 2. The van der Waals surface area contributed by atoms with E-state index in [1.165, 1.54) is 6.08 Å². The predicted molar refractivity (Wildman–Crippen MR) is 114 cm³/mol. The average molecular weight is 395 g/mol. The van der Waals surface area contributed by atoms with Crippen LogP contribution in [0.3, 0.4) is 0 Å². The molecule has 3 N–H and O–H groups in total. The summed E-state index contributed by atoms with van der Waals surface area (Å²) < 4.78 is 10.7. The number of amides is 2. The van der Waals surface area contributed by atoms with E-state index in [1.54, 1.807) is 38.5 Å². The molecule has 1 aliphatic rings. The van der Waals surface area contributed by atoms with Crippen LogP contribution in [0, 0.1) is 0 Å². The summed E-state index contributed by atoms with van der Waals surface area (Å²) in [6.07, 6.45) is 5.27. The van der Waals surface area contributed by atoms with Gasteiger partial charge in [0.2, 0.25) is 11.8 Å². The number of primary amides is 1. The molecule has 0 saturated carbocycles. The van der Waals surface area contributed by atoms with E-state index in [9.17, 15) is 9.59 Å². The molecule has 2 aromatic carbocycles. The third kappa shape index (κ3) is 4.68. The molecule has 1 aliphatic heterocycles. The number of carbonyl (C=O) groups excluding carboxylic acids is 2. The van der Waals surface area contributed by atoms with Gasteiger partial charge in [-0.1, -0.05) is 12.1 Å². The first-order valence-corrected chi connectivity index (χ1v) is 9.42. The van der Waals surface area contributed by atoms with Gasteiger partial charge in [0.25, 0.3) is 0 Å². The van der Waals surface area contributed by atoms with E-state index in [4.69, 9.17) is 15.2 Å². The Morgan fingerprint density at radius 2 is 1.86 bits per heavy atom. The molecule has 29 heavy (non-hydrogen) atoms. The summed E-state index contributed by atoms with van der Waals surface area (Å²) in [5, 5.41) is 2.87. The minimum atomic E-state index is -0.537. The summed E-state index contributed by atoms with van der Waals surface area (Å²) in [7, 11) is 3.11. The van der Waals surface area contributed by atoms with Crippen LogP contribution in [0.25, 0.3) is 6.08 Å². The third-order valence-electron chi connectivity index (χ3n) is 4.83. The zero-order valence-electron chi connectivity index (χ0n) is 16.6. The number of para-hydroxylation sites is 1. The van der Waals surface area contributed by atoms with Gasteiger partial charge < -0.3 is 25.4 Å². The van der Waals surface area contributed by atoms with Gasteiger partial charge in [0.1, 0.15) is 0 Å². The SMILES string of the molecule is COc1cccc(/C=C/C(=O)Nc2cc(C(N)=O)ccc2N2CCCC2)c1OC. The number of hydrogen-bond acceptors (Lipinski definition) is 5. The smallest absolute Gasteiger partial charge is 0.248 e. The normalized spacial score (nSPS) is 13.5. The molecule has 0 radical (unpaired) electrons. The lowest BCUT2D eigenvalue weighted by molar-refractivity contribution is -0.111. The zero-order valence-corrected chi connectivity index (χ0v) is 16.6. The van der Waals surface area contributed by atoms with Crippen LogP contribution in [-0.4, -0.2) is 39.1 Å². The highest BCUT2D eigenvalue weighted by atomic mass is 16.5. The second-order valence-electron chi connectivity index (χ2n) is 6.70. The lowest BCUT2D eigenvalue weighted by Gasteiger charge is -2.22. The maximum atomic E-state index is 12.6. The molecular weight excluding hydrogens is 370 g/mol. The summed E-state index contributed by atoms with van der Waals surface area (Å²) in [6.45, 7) is 1.82.